The van der Waals surface area contributed by atoms with Gasteiger partial charge in [0.25, 0.3) is 5.95 Å². The molecule has 26 heavy (non-hydrogen) atoms. The molecule has 134 valence electrons. The summed E-state index contributed by atoms with van der Waals surface area (Å²) in [6.07, 6.45) is 1.72. The number of ether oxygens (including phenoxy) is 1. The number of aryl methyl sites for hydroxylation is 3. The Kier molecular flexibility index (Phi) is 5.13. The Morgan fingerprint density at radius 3 is 2.54 bits per heavy atom. The largest absolute Gasteiger partial charge is 0.423 e. The van der Waals surface area contributed by atoms with Gasteiger partial charge in [-0.05, 0) is 61.8 Å². The molecule has 3 heterocycles. The third kappa shape index (κ3) is 3.80. The van der Waals surface area contributed by atoms with Gasteiger partial charge in [-0.3, -0.25) is 4.79 Å². The van der Waals surface area contributed by atoms with E-state index in [1.807, 2.05) is 33.8 Å². The first-order chi connectivity index (χ1) is 12.3. The first kappa shape index (κ1) is 18.2. The Bertz CT molecular complexity index is 963. The second-order valence-corrected chi connectivity index (χ2v) is 6.71. The highest BCUT2D eigenvalue weighted by Crippen LogP contribution is 2.23. The van der Waals surface area contributed by atoms with Crippen LogP contribution in [0.15, 0.2) is 29.0 Å². The maximum absolute atomic E-state index is 12.4. The number of esters is 1. The zero-order valence-electron chi connectivity index (χ0n) is 14.9. The van der Waals surface area contributed by atoms with Gasteiger partial charge >= 0.3 is 5.97 Å². The normalized spacial score (nSPS) is 10.8. The molecule has 0 atom stereocenters. The number of hydrogen-bond acceptors (Lipinski definition) is 6. The molecule has 7 nitrogen and oxygen atoms in total. The number of carbonyl (C=O) groups excluding carboxylic acids is 1. The van der Waals surface area contributed by atoms with Crippen LogP contribution in [0, 0.1) is 27.7 Å². The average molecular weight is 416 g/mol. The Hall–Kier alpha value is -2.61. The standard InChI is InChI=1S/C18H18BrN5O2/c1-10-8-11(2)22-18(21-10)24-13(4)14(12(3)23-24)9-16(25)26-15-6-5-7-20-17(15)19/h5-8H,9H2,1-4H3. The molecule has 0 unspecified atom stereocenters. The second kappa shape index (κ2) is 7.33. The van der Waals surface area contributed by atoms with Crippen LogP contribution in [0.3, 0.4) is 0 Å². The molecule has 0 spiro atoms. The maximum atomic E-state index is 12.4. The third-order valence-corrected chi connectivity index (χ3v) is 4.47. The Morgan fingerprint density at radius 2 is 1.88 bits per heavy atom. The van der Waals surface area contributed by atoms with Crippen molar-refractivity contribution in [1.82, 2.24) is 24.7 Å². The fraction of sp³-hybridized carbons (Fsp3) is 0.278. The van der Waals surface area contributed by atoms with Gasteiger partial charge in [0.1, 0.15) is 4.60 Å². The summed E-state index contributed by atoms with van der Waals surface area (Å²) in [6.45, 7) is 7.57. The van der Waals surface area contributed by atoms with E-state index in [-0.39, 0.29) is 12.4 Å². The molecule has 3 aromatic rings. The first-order valence-electron chi connectivity index (χ1n) is 8.04. The Balaban J connectivity index is 1.86. The van der Waals surface area contributed by atoms with Gasteiger partial charge in [0.15, 0.2) is 5.75 Å². The molecule has 0 saturated carbocycles. The van der Waals surface area contributed by atoms with Crippen molar-refractivity contribution in [2.24, 2.45) is 0 Å². The quantitative estimate of drug-likeness (QED) is 0.480. The predicted molar refractivity (Wildman–Crippen MR) is 99.4 cm³/mol. The van der Waals surface area contributed by atoms with Crippen LogP contribution in [0.5, 0.6) is 5.75 Å². The van der Waals surface area contributed by atoms with E-state index in [0.717, 1.165) is 28.3 Å². The molecule has 3 rings (SSSR count). The second-order valence-electron chi connectivity index (χ2n) is 5.96. The molecule has 8 heteroatoms. The van der Waals surface area contributed by atoms with Crippen LogP contribution < -0.4 is 4.74 Å². The summed E-state index contributed by atoms with van der Waals surface area (Å²) in [7, 11) is 0. The summed E-state index contributed by atoms with van der Waals surface area (Å²) in [5, 5.41) is 4.50. The van der Waals surface area contributed by atoms with Crippen molar-refractivity contribution in [3.63, 3.8) is 0 Å². The number of hydrogen-bond donors (Lipinski definition) is 0. The van der Waals surface area contributed by atoms with Crippen LogP contribution >= 0.6 is 15.9 Å². The van der Waals surface area contributed by atoms with Crippen molar-refractivity contribution < 1.29 is 9.53 Å². The van der Waals surface area contributed by atoms with Gasteiger partial charge in [0.05, 0.1) is 12.1 Å². The maximum Gasteiger partial charge on any atom is 0.315 e. The lowest BCUT2D eigenvalue weighted by molar-refractivity contribution is -0.133. The molecule has 0 aliphatic carbocycles. The lowest BCUT2D eigenvalue weighted by atomic mass is 10.1. The SMILES string of the molecule is Cc1cc(C)nc(-n2nc(C)c(CC(=O)Oc3cccnc3Br)c2C)n1. The summed E-state index contributed by atoms with van der Waals surface area (Å²) in [4.78, 5) is 25.3. The van der Waals surface area contributed by atoms with E-state index in [4.69, 9.17) is 4.74 Å². The fourth-order valence-electron chi connectivity index (χ4n) is 2.68. The van der Waals surface area contributed by atoms with Gasteiger partial charge in [-0.25, -0.2) is 19.6 Å². The topological polar surface area (TPSA) is 82.8 Å². The molecule has 0 aromatic carbocycles. The van der Waals surface area contributed by atoms with Crippen molar-refractivity contribution in [3.8, 4) is 11.7 Å². The van der Waals surface area contributed by atoms with Crippen molar-refractivity contribution in [3.05, 3.63) is 57.3 Å². The summed E-state index contributed by atoms with van der Waals surface area (Å²) < 4.78 is 7.55. The third-order valence-electron chi connectivity index (χ3n) is 3.87. The zero-order chi connectivity index (χ0) is 18.8. The van der Waals surface area contributed by atoms with Crippen LogP contribution in [0.4, 0.5) is 0 Å². The minimum absolute atomic E-state index is 0.101. The molecule has 3 aromatic heterocycles. The van der Waals surface area contributed by atoms with E-state index in [2.05, 4.69) is 36.0 Å². The van der Waals surface area contributed by atoms with Crippen molar-refractivity contribution in [1.29, 1.82) is 0 Å². The number of halogens is 1. The molecule has 0 N–H and O–H groups in total. The smallest absolute Gasteiger partial charge is 0.315 e. The summed E-state index contributed by atoms with van der Waals surface area (Å²) in [5.74, 6) is 0.501. The molecule has 0 amide bonds. The highest BCUT2D eigenvalue weighted by molar-refractivity contribution is 9.10. The van der Waals surface area contributed by atoms with Crippen LogP contribution in [-0.2, 0) is 11.2 Å². The van der Waals surface area contributed by atoms with Gasteiger partial charge < -0.3 is 4.74 Å². The molecule has 0 saturated heterocycles. The van der Waals surface area contributed by atoms with E-state index >= 15 is 0 Å². The molecule has 0 radical (unpaired) electrons. The van der Waals surface area contributed by atoms with Gasteiger partial charge in [-0.1, -0.05) is 0 Å². The zero-order valence-corrected chi connectivity index (χ0v) is 16.5. The number of pyridine rings is 1. The summed E-state index contributed by atoms with van der Waals surface area (Å²) in [6, 6.07) is 5.29. The Morgan fingerprint density at radius 1 is 1.19 bits per heavy atom. The lowest BCUT2D eigenvalue weighted by Gasteiger charge is -2.07. The molecular weight excluding hydrogens is 398 g/mol. The van der Waals surface area contributed by atoms with Crippen LogP contribution in [0.25, 0.3) is 5.95 Å². The number of nitrogens with zero attached hydrogens (tertiary/aromatic N) is 5. The van der Waals surface area contributed by atoms with E-state index in [1.165, 1.54) is 0 Å². The van der Waals surface area contributed by atoms with Crippen molar-refractivity contribution in [2.75, 3.05) is 0 Å². The van der Waals surface area contributed by atoms with Crippen molar-refractivity contribution >= 4 is 21.9 Å². The first-order valence-corrected chi connectivity index (χ1v) is 8.83. The van der Waals surface area contributed by atoms with Crippen LogP contribution in [0.1, 0.15) is 28.3 Å². The minimum atomic E-state index is -0.384. The number of aromatic nitrogens is 5. The van der Waals surface area contributed by atoms with Gasteiger partial charge in [0.2, 0.25) is 0 Å². The molecule has 0 aliphatic rings. The molecule has 0 fully saturated rings. The monoisotopic (exact) mass is 415 g/mol. The van der Waals surface area contributed by atoms with Gasteiger partial charge in [0, 0.05) is 28.8 Å². The average Bonchev–Trinajstić information content (AvgIpc) is 2.84. The Labute approximate surface area is 159 Å². The number of carbonyl (C=O) groups is 1. The van der Waals surface area contributed by atoms with E-state index < -0.39 is 0 Å². The lowest BCUT2D eigenvalue weighted by Crippen LogP contribution is -2.13. The van der Waals surface area contributed by atoms with E-state index in [9.17, 15) is 4.79 Å². The highest BCUT2D eigenvalue weighted by Gasteiger charge is 2.19. The van der Waals surface area contributed by atoms with E-state index in [0.29, 0.717) is 16.3 Å². The van der Waals surface area contributed by atoms with Crippen LogP contribution in [-0.4, -0.2) is 30.7 Å². The van der Waals surface area contributed by atoms with Gasteiger partial charge in [-0.2, -0.15) is 5.10 Å². The van der Waals surface area contributed by atoms with Gasteiger partial charge in [-0.15, -0.1) is 0 Å². The highest BCUT2D eigenvalue weighted by atomic mass is 79.9. The fourth-order valence-corrected chi connectivity index (χ4v) is 3.01. The molecule has 0 bridgehead atoms. The summed E-state index contributed by atoms with van der Waals surface area (Å²) in [5.41, 5.74) is 4.09. The number of rotatable bonds is 4. The summed E-state index contributed by atoms with van der Waals surface area (Å²) >= 11 is 3.27. The molecule has 0 aliphatic heterocycles. The van der Waals surface area contributed by atoms with Crippen LogP contribution in [0.2, 0.25) is 0 Å². The van der Waals surface area contributed by atoms with E-state index in [1.54, 1.807) is 23.0 Å². The molecular formula is C18H18BrN5O2. The predicted octanol–water partition coefficient (Wildman–Crippen LogP) is 3.20. The van der Waals surface area contributed by atoms with Crippen molar-refractivity contribution in [2.45, 2.75) is 34.1 Å². The minimum Gasteiger partial charge on any atom is -0.423 e.